The van der Waals surface area contributed by atoms with Crippen LogP contribution in [-0.2, 0) is 25.1 Å². The molecule has 0 aliphatic rings. The highest BCUT2D eigenvalue weighted by Crippen LogP contribution is 2.26. The number of fused-ring (bicyclic) bond motifs is 1. The summed E-state index contributed by atoms with van der Waals surface area (Å²) >= 11 is 0. The molecular formula is C27H26N2O5. The minimum atomic E-state index is -0.538. The van der Waals surface area contributed by atoms with Crippen LogP contribution in [0.25, 0.3) is 10.9 Å². The fraction of sp³-hybridized carbons (Fsp3) is 0.185. The van der Waals surface area contributed by atoms with Gasteiger partial charge in [0.2, 0.25) is 0 Å². The first-order valence-electron chi connectivity index (χ1n) is 10.9. The second-order valence-corrected chi connectivity index (χ2v) is 7.95. The summed E-state index contributed by atoms with van der Waals surface area (Å²) in [7, 11) is 1.92. The standard InChI is InChI=1S/C27H26N2O5/c1-18-7-5-8-19(27(18)34-17-26(28)31)15-32-21-9-6-10-22(14-21)33-16-20-13-25(30)23-11-3-4-12-24(23)29(20)2/h3-14H,15-17H2,1-2H3,(H2,28,31). The van der Waals surface area contributed by atoms with Gasteiger partial charge in [0.05, 0.1) is 11.2 Å². The van der Waals surface area contributed by atoms with Gasteiger partial charge in [-0.15, -0.1) is 0 Å². The number of rotatable bonds is 9. The summed E-state index contributed by atoms with van der Waals surface area (Å²) in [6.45, 7) is 2.19. The minimum Gasteiger partial charge on any atom is -0.489 e. The Labute approximate surface area is 197 Å². The van der Waals surface area contributed by atoms with E-state index in [1.54, 1.807) is 12.1 Å². The lowest BCUT2D eigenvalue weighted by Gasteiger charge is -2.15. The molecule has 0 saturated heterocycles. The number of aromatic nitrogens is 1. The molecule has 4 rings (SSSR count). The summed E-state index contributed by atoms with van der Waals surface area (Å²) in [5.74, 6) is 1.29. The van der Waals surface area contributed by atoms with E-state index in [1.165, 1.54) is 0 Å². The number of hydrogen-bond donors (Lipinski definition) is 1. The van der Waals surface area contributed by atoms with Gasteiger partial charge in [-0.1, -0.05) is 36.4 Å². The first-order valence-corrected chi connectivity index (χ1v) is 10.9. The zero-order valence-corrected chi connectivity index (χ0v) is 19.1. The largest absolute Gasteiger partial charge is 0.489 e. The van der Waals surface area contributed by atoms with Crippen molar-refractivity contribution in [3.8, 4) is 17.2 Å². The van der Waals surface area contributed by atoms with Crippen LogP contribution in [-0.4, -0.2) is 17.1 Å². The van der Waals surface area contributed by atoms with Gasteiger partial charge in [-0.25, -0.2) is 0 Å². The first-order chi connectivity index (χ1) is 16.4. The lowest BCUT2D eigenvalue weighted by molar-refractivity contribution is -0.119. The van der Waals surface area contributed by atoms with Crippen LogP contribution in [0, 0.1) is 6.92 Å². The fourth-order valence-electron chi connectivity index (χ4n) is 3.74. The molecule has 1 aromatic heterocycles. The molecule has 1 heterocycles. The number of amides is 1. The molecule has 2 N–H and O–H groups in total. The van der Waals surface area contributed by atoms with Crippen LogP contribution in [0.15, 0.2) is 77.6 Å². The van der Waals surface area contributed by atoms with Crippen LogP contribution in [0.3, 0.4) is 0 Å². The van der Waals surface area contributed by atoms with Crippen LogP contribution in [0.2, 0.25) is 0 Å². The van der Waals surface area contributed by atoms with Crippen molar-refractivity contribution in [2.45, 2.75) is 20.1 Å². The third kappa shape index (κ3) is 5.20. The lowest BCUT2D eigenvalue weighted by atomic mass is 10.1. The molecule has 0 saturated carbocycles. The van der Waals surface area contributed by atoms with E-state index < -0.39 is 5.91 Å². The van der Waals surface area contributed by atoms with Gasteiger partial charge < -0.3 is 24.5 Å². The van der Waals surface area contributed by atoms with Crippen LogP contribution in [0.4, 0.5) is 0 Å². The van der Waals surface area contributed by atoms with E-state index in [1.807, 2.05) is 79.2 Å². The Kier molecular flexibility index (Phi) is 6.82. The van der Waals surface area contributed by atoms with Gasteiger partial charge in [0.1, 0.15) is 30.5 Å². The summed E-state index contributed by atoms with van der Waals surface area (Å²) in [6, 6.07) is 22.1. The normalized spacial score (nSPS) is 10.8. The number of para-hydroxylation sites is 2. The van der Waals surface area contributed by atoms with Gasteiger partial charge in [-0.05, 0) is 36.8 Å². The zero-order valence-electron chi connectivity index (χ0n) is 19.1. The number of ether oxygens (including phenoxy) is 3. The van der Waals surface area contributed by atoms with E-state index in [4.69, 9.17) is 19.9 Å². The second-order valence-electron chi connectivity index (χ2n) is 7.95. The van der Waals surface area contributed by atoms with E-state index in [-0.39, 0.29) is 25.2 Å². The minimum absolute atomic E-state index is 0.0307. The topological polar surface area (TPSA) is 92.8 Å². The van der Waals surface area contributed by atoms with Crippen LogP contribution in [0.5, 0.6) is 17.2 Å². The average molecular weight is 459 g/mol. The maximum absolute atomic E-state index is 12.4. The number of primary amides is 1. The van der Waals surface area contributed by atoms with E-state index in [2.05, 4.69) is 0 Å². The molecule has 0 aliphatic heterocycles. The molecule has 7 heteroatoms. The molecule has 0 radical (unpaired) electrons. The number of nitrogens with two attached hydrogens (primary N) is 1. The van der Waals surface area contributed by atoms with Crippen molar-refractivity contribution in [1.82, 2.24) is 4.57 Å². The first kappa shape index (κ1) is 22.9. The number of hydrogen-bond acceptors (Lipinski definition) is 5. The third-order valence-corrected chi connectivity index (χ3v) is 5.50. The third-order valence-electron chi connectivity index (χ3n) is 5.50. The summed E-state index contributed by atoms with van der Waals surface area (Å²) in [6.07, 6.45) is 0. The Bertz CT molecular complexity index is 1390. The molecule has 0 spiro atoms. The average Bonchev–Trinajstić information content (AvgIpc) is 2.83. The number of nitrogens with zero attached hydrogens (tertiary/aromatic N) is 1. The number of aryl methyl sites for hydroxylation is 2. The Morgan fingerprint density at radius 1 is 0.882 bits per heavy atom. The zero-order chi connectivity index (χ0) is 24.1. The van der Waals surface area contributed by atoms with Crippen molar-refractivity contribution < 1.29 is 19.0 Å². The van der Waals surface area contributed by atoms with Crippen molar-refractivity contribution in [2.24, 2.45) is 12.8 Å². The Morgan fingerprint density at radius 2 is 1.59 bits per heavy atom. The summed E-state index contributed by atoms with van der Waals surface area (Å²) in [5, 5.41) is 0.680. The molecule has 3 aromatic carbocycles. The predicted octanol–water partition coefficient (Wildman–Crippen LogP) is 3.87. The molecule has 4 aromatic rings. The Morgan fingerprint density at radius 3 is 2.35 bits per heavy atom. The molecule has 0 unspecified atom stereocenters. The summed E-state index contributed by atoms with van der Waals surface area (Å²) in [4.78, 5) is 23.6. The van der Waals surface area contributed by atoms with Crippen LogP contribution < -0.4 is 25.4 Å². The smallest absolute Gasteiger partial charge is 0.255 e. The molecule has 0 aliphatic carbocycles. The van der Waals surface area contributed by atoms with E-state index in [0.717, 1.165) is 22.3 Å². The molecule has 7 nitrogen and oxygen atoms in total. The van der Waals surface area contributed by atoms with Gasteiger partial charge in [0.25, 0.3) is 5.91 Å². The van der Waals surface area contributed by atoms with Gasteiger partial charge >= 0.3 is 0 Å². The molecule has 0 atom stereocenters. The van der Waals surface area contributed by atoms with Crippen LogP contribution >= 0.6 is 0 Å². The van der Waals surface area contributed by atoms with Crippen molar-refractivity contribution in [1.29, 1.82) is 0 Å². The summed E-state index contributed by atoms with van der Waals surface area (Å²) < 4.78 is 19.5. The molecule has 1 amide bonds. The number of benzene rings is 3. The van der Waals surface area contributed by atoms with Crippen molar-refractivity contribution in [3.05, 3.63) is 99.8 Å². The molecule has 0 fully saturated rings. The van der Waals surface area contributed by atoms with Crippen LogP contribution in [0.1, 0.15) is 16.8 Å². The van der Waals surface area contributed by atoms with Gasteiger partial charge in [-0.3, -0.25) is 9.59 Å². The Hall–Kier alpha value is -4.26. The van der Waals surface area contributed by atoms with Gasteiger partial charge in [0.15, 0.2) is 12.0 Å². The number of pyridine rings is 1. The van der Waals surface area contributed by atoms with Crippen molar-refractivity contribution >= 4 is 16.8 Å². The highest BCUT2D eigenvalue weighted by atomic mass is 16.5. The highest BCUT2D eigenvalue weighted by molar-refractivity contribution is 5.79. The summed E-state index contributed by atoms with van der Waals surface area (Å²) in [5.41, 5.74) is 8.50. The second kappa shape index (κ2) is 10.1. The fourth-order valence-corrected chi connectivity index (χ4v) is 3.74. The van der Waals surface area contributed by atoms with Gasteiger partial charge in [-0.2, -0.15) is 0 Å². The van der Waals surface area contributed by atoms with E-state index >= 15 is 0 Å². The Balaban J connectivity index is 1.45. The molecular weight excluding hydrogens is 432 g/mol. The van der Waals surface area contributed by atoms with E-state index in [0.29, 0.717) is 22.6 Å². The maximum atomic E-state index is 12.4. The van der Waals surface area contributed by atoms with Crippen molar-refractivity contribution in [2.75, 3.05) is 6.61 Å². The monoisotopic (exact) mass is 458 g/mol. The quantitative estimate of drug-likeness (QED) is 0.411. The molecule has 174 valence electrons. The predicted molar refractivity (Wildman–Crippen MR) is 130 cm³/mol. The van der Waals surface area contributed by atoms with Gasteiger partial charge in [0, 0.05) is 30.1 Å². The van der Waals surface area contributed by atoms with E-state index in [9.17, 15) is 9.59 Å². The lowest BCUT2D eigenvalue weighted by Crippen LogP contribution is -2.21. The number of carbonyl (C=O) groups is 1. The highest BCUT2D eigenvalue weighted by Gasteiger charge is 2.10. The number of carbonyl (C=O) groups excluding carboxylic acids is 1. The van der Waals surface area contributed by atoms with Crippen molar-refractivity contribution in [3.63, 3.8) is 0 Å². The maximum Gasteiger partial charge on any atom is 0.255 e. The molecule has 34 heavy (non-hydrogen) atoms. The SMILES string of the molecule is Cc1cccc(COc2cccc(OCc3cc(=O)c4ccccc4n3C)c2)c1OCC(N)=O. The molecule has 0 bridgehead atoms.